The molecule has 0 saturated carbocycles. The lowest BCUT2D eigenvalue weighted by atomic mass is 10.1. The summed E-state index contributed by atoms with van der Waals surface area (Å²) in [5.74, 6) is -0.00889. The Labute approximate surface area is 94.9 Å². The first-order chi connectivity index (χ1) is 7.39. The number of pyridine rings is 1. The van der Waals surface area contributed by atoms with Crippen LogP contribution >= 0.6 is 11.3 Å². The van der Waals surface area contributed by atoms with E-state index in [0.717, 1.165) is 17.4 Å². The summed E-state index contributed by atoms with van der Waals surface area (Å²) in [5, 5.41) is 1.64. The van der Waals surface area contributed by atoms with Crippen LogP contribution in [-0.2, 0) is 6.18 Å². The third-order valence-electron chi connectivity index (χ3n) is 2.33. The van der Waals surface area contributed by atoms with Crippen molar-refractivity contribution in [2.75, 3.05) is 0 Å². The molecule has 16 heavy (non-hydrogen) atoms. The largest absolute Gasteiger partial charge is 0.417 e. The summed E-state index contributed by atoms with van der Waals surface area (Å²) in [4.78, 5) is 4.22. The average Bonchev–Trinajstić information content (AvgIpc) is 2.61. The van der Waals surface area contributed by atoms with Crippen LogP contribution in [-0.4, -0.2) is 4.98 Å². The Balaban J connectivity index is 2.74. The number of rotatable bonds is 1. The van der Waals surface area contributed by atoms with Gasteiger partial charge in [0.25, 0.3) is 0 Å². The highest BCUT2D eigenvalue weighted by Crippen LogP contribution is 2.38. The molecule has 0 spiro atoms. The standard InChI is InChI=1S/C11H10F3NS/c1-6(2)9-5-7(11(12,13)14)10-8(15-9)3-4-16-10/h3-6H,1-2H3. The number of hydrogen-bond acceptors (Lipinski definition) is 2. The van der Waals surface area contributed by atoms with Gasteiger partial charge in [-0.15, -0.1) is 11.3 Å². The van der Waals surface area contributed by atoms with E-state index in [4.69, 9.17) is 0 Å². The van der Waals surface area contributed by atoms with Crippen LogP contribution < -0.4 is 0 Å². The summed E-state index contributed by atoms with van der Waals surface area (Å²) < 4.78 is 38.7. The van der Waals surface area contributed by atoms with Gasteiger partial charge in [0, 0.05) is 5.69 Å². The molecule has 2 rings (SSSR count). The minimum Gasteiger partial charge on any atom is -0.252 e. The fourth-order valence-corrected chi connectivity index (χ4v) is 2.35. The molecule has 0 bridgehead atoms. The molecule has 2 aromatic rings. The Bertz CT molecular complexity index is 513. The van der Waals surface area contributed by atoms with Gasteiger partial charge in [0.2, 0.25) is 0 Å². The van der Waals surface area contributed by atoms with Gasteiger partial charge in [-0.25, -0.2) is 0 Å². The SMILES string of the molecule is CC(C)c1cc(C(F)(F)F)c2sccc2n1. The first-order valence-electron chi connectivity index (χ1n) is 4.85. The van der Waals surface area contributed by atoms with Crippen LogP contribution in [0.2, 0.25) is 0 Å². The lowest BCUT2D eigenvalue weighted by Gasteiger charge is -2.11. The molecule has 0 radical (unpaired) electrons. The smallest absolute Gasteiger partial charge is 0.252 e. The summed E-state index contributed by atoms with van der Waals surface area (Å²) in [6.45, 7) is 3.67. The predicted octanol–water partition coefficient (Wildman–Crippen LogP) is 4.44. The van der Waals surface area contributed by atoms with Crippen LogP contribution in [0, 0.1) is 0 Å². The zero-order chi connectivity index (χ0) is 11.9. The Morgan fingerprint density at radius 1 is 1.31 bits per heavy atom. The van der Waals surface area contributed by atoms with Crippen LogP contribution in [0.4, 0.5) is 13.2 Å². The van der Waals surface area contributed by atoms with E-state index in [0.29, 0.717) is 11.2 Å². The Kier molecular flexibility index (Phi) is 2.66. The number of hydrogen-bond donors (Lipinski definition) is 0. The molecule has 1 nitrogen and oxygen atoms in total. The van der Waals surface area contributed by atoms with Crippen molar-refractivity contribution in [3.63, 3.8) is 0 Å². The number of fused-ring (bicyclic) bond motifs is 1. The average molecular weight is 245 g/mol. The molecular weight excluding hydrogens is 235 g/mol. The summed E-state index contributed by atoms with van der Waals surface area (Å²) in [7, 11) is 0. The van der Waals surface area contributed by atoms with Gasteiger partial charge in [0.15, 0.2) is 0 Å². The van der Waals surface area contributed by atoms with Crippen molar-refractivity contribution in [1.29, 1.82) is 0 Å². The highest BCUT2D eigenvalue weighted by Gasteiger charge is 2.34. The van der Waals surface area contributed by atoms with Gasteiger partial charge >= 0.3 is 6.18 Å². The normalized spacial score (nSPS) is 12.6. The summed E-state index contributed by atoms with van der Waals surface area (Å²) in [6, 6.07) is 2.78. The van der Waals surface area contributed by atoms with E-state index in [1.165, 1.54) is 0 Å². The molecule has 0 amide bonds. The molecule has 0 saturated heterocycles. The zero-order valence-corrected chi connectivity index (χ0v) is 9.62. The van der Waals surface area contributed by atoms with Gasteiger partial charge in [-0.1, -0.05) is 13.8 Å². The van der Waals surface area contributed by atoms with Gasteiger partial charge < -0.3 is 0 Å². The minimum atomic E-state index is -4.31. The van der Waals surface area contributed by atoms with Crippen LogP contribution in [0.15, 0.2) is 17.5 Å². The maximum atomic E-state index is 12.8. The first-order valence-corrected chi connectivity index (χ1v) is 5.73. The highest BCUT2D eigenvalue weighted by atomic mass is 32.1. The molecular formula is C11H10F3NS. The molecule has 0 aromatic carbocycles. The zero-order valence-electron chi connectivity index (χ0n) is 8.80. The monoisotopic (exact) mass is 245 g/mol. The maximum absolute atomic E-state index is 12.8. The van der Waals surface area contributed by atoms with E-state index >= 15 is 0 Å². The number of nitrogens with zero attached hydrogens (tertiary/aromatic N) is 1. The second-order valence-electron chi connectivity index (χ2n) is 3.88. The van der Waals surface area contributed by atoms with Crippen LogP contribution in [0.5, 0.6) is 0 Å². The molecule has 0 atom stereocenters. The van der Waals surface area contributed by atoms with E-state index in [1.807, 2.05) is 13.8 Å². The number of thiophene rings is 1. The molecule has 86 valence electrons. The predicted molar refractivity (Wildman–Crippen MR) is 58.7 cm³/mol. The van der Waals surface area contributed by atoms with Crippen molar-refractivity contribution in [1.82, 2.24) is 4.98 Å². The maximum Gasteiger partial charge on any atom is 0.417 e. The first kappa shape index (κ1) is 11.4. The van der Waals surface area contributed by atoms with E-state index in [1.54, 1.807) is 11.4 Å². The molecule has 0 unspecified atom stereocenters. The lowest BCUT2D eigenvalue weighted by Crippen LogP contribution is -2.07. The number of alkyl halides is 3. The number of aromatic nitrogens is 1. The van der Waals surface area contributed by atoms with E-state index in [-0.39, 0.29) is 10.6 Å². The fraction of sp³-hybridized carbons (Fsp3) is 0.364. The van der Waals surface area contributed by atoms with Gasteiger partial charge in [0.05, 0.1) is 15.8 Å². The van der Waals surface area contributed by atoms with Crippen LogP contribution in [0.25, 0.3) is 10.2 Å². The van der Waals surface area contributed by atoms with Crippen molar-refractivity contribution in [2.24, 2.45) is 0 Å². The molecule has 0 aliphatic heterocycles. The molecule has 2 heterocycles. The van der Waals surface area contributed by atoms with Crippen LogP contribution in [0.3, 0.4) is 0 Å². The van der Waals surface area contributed by atoms with Crippen molar-refractivity contribution >= 4 is 21.6 Å². The van der Waals surface area contributed by atoms with Crippen molar-refractivity contribution in [3.05, 3.63) is 28.8 Å². The topological polar surface area (TPSA) is 12.9 Å². The minimum absolute atomic E-state index is 0.00889. The Hall–Kier alpha value is -1.10. The quantitative estimate of drug-likeness (QED) is 0.723. The molecule has 0 aliphatic carbocycles. The Morgan fingerprint density at radius 2 is 2.00 bits per heavy atom. The van der Waals surface area contributed by atoms with Gasteiger partial charge in [-0.05, 0) is 23.4 Å². The van der Waals surface area contributed by atoms with E-state index in [9.17, 15) is 13.2 Å². The molecule has 5 heteroatoms. The molecule has 0 aliphatic rings. The van der Waals surface area contributed by atoms with Crippen molar-refractivity contribution in [2.45, 2.75) is 25.9 Å². The Morgan fingerprint density at radius 3 is 2.56 bits per heavy atom. The van der Waals surface area contributed by atoms with Gasteiger partial charge in [-0.3, -0.25) is 4.98 Å². The van der Waals surface area contributed by atoms with Crippen molar-refractivity contribution in [3.8, 4) is 0 Å². The summed E-state index contributed by atoms with van der Waals surface area (Å²) >= 11 is 1.08. The molecule has 0 fully saturated rings. The molecule has 0 N–H and O–H groups in total. The van der Waals surface area contributed by atoms with Gasteiger partial charge in [0.1, 0.15) is 0 Å². The van der Waals surface area contributed by atoms with E-state index in [2.05, 4.69) is 4.98 Å². The second-order valence-corrected chi connectivity index (χ2v) is 4.80. The highest BCUT2D eigenvalue weighted by molar-refractivity contribution is 7.17. The van der Waals surface area contributed by atoms with Crippen molar-refractivity contribution < 1.29 is 13.2 Å². The molecule has 2 aromatic heterocycles. The third-order valence-corrected chi connectivity index (χ3v) is 3.26. The summed E-state index contributed by atoms with van der Waals surface area (Å²) in [6.07, 6.45) is -4.31. The second kappa shape index (κ2) is 3.73. The lowest BCUT2D eigenvalue weighted by molar-refractivity contribution is -0.136. The summed E-state index contributed by atoms with van der Waals surface area (Å²) in [5.41, 5.74) is 0.345. The van der Waals surface area contributed by atoms with Gasteiger partial charge in [-0.2, -0.15) is 13.2 Å². The fourth-order valence-electron chi connectivity index (χ4n) is 1.48. The van der Waals surface area contributed by atoms with E-state index < -0.39 is 11.7 Å². The number of halogens is 3. The van der Waals surface area contributed by atoms with Crippen LogP contribution in [0.1, 0.15) is 31.0 Å². The third kappa shape index (κ3) is 1.91.